The molecular weight excluding hydrogens is 371 g/mol. The molecule has 0 fully saturated rings. The molecule has 0 saturated heterocycles. The lowest BCUT2D eigenvalue weighted by atomic mass is 9.88. The molecule has 1 unspecified atom stereocenters. The van der Waals surface area contributed by atoms with Crippen LogP contribution in [0.3, 0.4) is 0 Å². The average molecular weight is 394 g/mol. The highest BCUT2D eigenvalue weighted by Gasteiger charge is 2.18. The van der Waals surface area contributed by atoms with Gasteiger partial charge in [0.05, 0.1) is 0 Å². The van der Waals surface area contributed by atoms with Crippen molar-refractivity contribution < 1.29 is 5.11 Å². The highest BCUT2D eigenvalue weighted by atomic mass is 127. The molecule has 2 aromatic carbocycles. The summed E-state index contributed by atoms with van der Waals surface area (Å²) in [6, 6.07) is 12.7. The summed E-state index contributed by atoms with van der Waals surface area (Å²) < 4.78 is 1.19. The lowest BCUT2D eigenvalue weighted by Crippen LogP contribution is -2.08. The Morgan fingerprint density at radius 2 is 1.43 bits per heavy atom. The van der Waals surface area contributed by atoms with E-state index in [1.54, 1.807) is 0 Å². The minimum absolute atomic E-state index is 0.530. The molecule has 0 bridgehead atoms. The van der Waals surface area contributed by atoms with Crippen LogP contribution in [0.2, 0.25) is 0 Å². The maximum atomic E-state index is 10.9. The summed E-state index contributed by atoms with van der Waals surface area (Å²) in [7, 11) is 0. The van der Waals surface area contributed by atoms with Gasteiger partial charge >= 0.3 is 0 Å². The third-order valence-electron chi connectivity index (χ3n) is 4.04. The van der Waals surface area contributed by atoms with Gasteiger partial charge in [0.1, 0.15) is 6.10 Å². The van der Waals surface area contributed by atoms with Gasteiger partial charge in [0.25, 0.3) is 0 Å². The zero-order valence-electron chi connectivity index (χ0n) is 13.0. The van der Waals surface area contributed by atoms with Gasteiger partial charge in [-0.2, -0.15) is 0 Å². The molecule has 0 aliphatic carbocycles. The van der Waals surface area contributed by atoms with Crippen LogP contribution in [-0.4, -0.2) is 5.11 Å². The molecule has 1 atom stereocenters. The largest absolute Gasteiger partial charge is 0.384 e. The fourth-order valence-electron chi connectivity index (χ4n) is 2.80. The summed E-state index contributed by atoms with van der Waals surface area (Å²) in [5.74, 6) is 0. The SMILES string of the molecule is CCc1cc(CC)c(C(O)c2ccc(I)cc2)c(CC)c1. The molecule has 0 spiro atoms. The Morgan fingerprint density at radius 3 is 1.86 bits per heavy atom. The molecule has 0 aromatic heterocycles. The predicted molar refractivity (Wildman–Crippen MR) is 97.8 cm³/mol. The Bertz CT molecular complexity index is 576. The number of rotatable bonds is 5. The Morgan fingerprint density at radius 1 is 0.905 bits per heavy atom. The first-order valence-corrected chi connectivity index (χ1v) is 8.76. The van der Waals surface area contributed by atoms with E-state index in [1.165, 1.54) is 20.3 Å². The number of aryl methyl sites for hydroxylation is 3. The quantitative estimate of drug-likeness (QED) is 0.703. The molecule has 1 N–H and O–H groups in total. The van der Waals surface area contributed by atoms with Gasteiger partial charge in [-0.15, -0.1) is 0 Å². The zero-order valence-corrected chi connectivity index (χ0v) is 15.1. The van der Waals surface area contributed by atoms with E-state index in [0.717, 1.165) is 30.4 Å². The van der Waals surface area contributed by atoms with Gasteiger partial charge in [0, 0.05) is 3.57 Å². The average Bonchev–Trinajstić information content (AvgIpc) is 2.53. The lowest BCUT2D eigenvalue weighted by Gasteiger charge is -2.21. The van der Waals surface area contributed by atoms with Gasteiger partial charge < -0.3 is 5.11 Å². The summed E-state index contributed by atoms with van der Waals surface area (Å²) in [5.41, 5.74) is 6.00. The van der Waals surface area contributed by atoms with Crippen molar-refractivity contribution in [3.8, 4) is 0 Å². The van der Waals surface area contributed by atoms with Crippen molar-refractivity contribution in [2.75, 3.05) is 0 Å². The molecule has 0 radical (unpaired) electrons. The number of aliphatic hydroxyl groups is 1. The Labute approximate surface area is 141 Å². The summed E-state index contributed by atoms with van der Waals surface area (Å²) in [5, 5.41) is 10.9. The van der Waals surface area contributed by atoms with Gasteiger partial charge in [0.2, 0.25) is 0 Å². The molecule has 2 rings (SSSR count). The van der Waals surface area contributed by atoms with E-state index >= 15 is 0 Å². The van der Waals surface area contributed by atoms with E-state index in [4.69, 9.17) is 0 Å². The van der Waals surface area contributed by atoms with E-state index < -0.39 is 6.10 Å². The maximum absolute atomic E-state index is 10.9. The number of hydrogen-bond acceptors (Lipinski definition) is 1. The highest BCUT2D eigenvalue weighted by molar-refractivity contribution is 14.1. The van der Waals surface area contributed by atoms with E-state index in [1.807, 2.05) is 12.1 Å². The molecule has 2 heteroatoms. The number of hydrogen-bond donors (Lipinski definition) is 1. The van der Waals surface area contributed by atoms with E-state index in [9.17, 15) is 5.11 Å². The maximum Gasteiger partial charge on any atom is 0.105 e. The normalized spacial score (nSPS) is 12.4. The Balaban J connectivity index is 2.52. The number of aliphatic hydroxyl groups excluding tert-OH is 1. The smallest absolute Gasteiger partial charge is 0.105 e. The molecule has 0 aliphatic rings. The van der Waals surface area contributed by atoms with Gasteiger partial charge in [-0.05, 0) is 81.8 Å². The molecule has 21 heavy (non-hydrogen) atoms. The minimum atomic E-state index is -0.530. The van der Waals surface area contributed by atoms with E-state index in [0.29, 0.717) is 0 Å². The van der Waals surface area contributed by atoms with Crippen LogP contribution in [0, 0.1) is 3.57 Å². The van der Waals surface area contributed by atoms with Crippen LogP contribution >= 0.6 is 22.6 Å². The van der Waals surface area contributed by atoms with Crippen molar-refractivity contribution >= 4 is 22.6 Å². The second kappa shape index (κ2) is 7.41. The molecule has 112 valence electrons. The highest BCUT2D eigenvalue weighted by Crippen LogP contribution is 2.31. The number of benzene rings is 2. The molecule has 0 aliphatic heterocycles. The van der Waals surface area contributed by atoms with Gasteiger partial charge in [-0.1, -0.05) is 45.0 Å². The van der Waals surface area contributed by atoms with Crippen LogP contribution in [0.4, 0.5) is 0 Å². The van der Waals surface area contributed by atoms with Crippen LogP contribution in [0.15, 0.2) is 36.4 Å². The first-order valence-electron chi connectivity index (χ1n) is 7.68. The molecule has 1 nitrogen and oxygen atoms in total. The molecule has 0 heterocycles. The summed E-state index contributed by atoms with van der Waals surface area (Å²) in [4.78, 5) is 0. The fraction of sp³-hybridized carbons (Fsp3) is 0.368. The lowest BCUT2D eigenvalue weighted by molar-refractivity contribution is 0.218. The van der Waals surface area contributed by atoms with Crippen molar-refractivity contribution in [3.05, 3.63) is 67.8 Å². The Kier molecular flexibility index (Phi) is 5.82. The predicted octanol–water partition coefficient (Wildman–Crippen LogP) is 5.06. The van der Waals surface area contributed by atoms with Crippen molar-refractivity contribution in [2.45, 2.75) is 46.1 Å². The van der Waals surface area contributed by atoms with Crippen molar-refractivity contribution in [2.24, 2.45) is 0 Å². The van der Waals surface area contributed by atoms with Gasteiger partial charge in [-0.25, -0.2) is 0 Å². The first kappa shape index (κ1) is 16.5. The van der Waals surface area contributed by atoms with E-state index in [2.05, 4.69) is 67.6 Å². The first-order chi connectivity index (χ1) is 10.1. The summed E-state index contributed by atoms with van der Waals surface area (Å²) >= 11 is 2.29. The summed E-state index contributed by atoms with van der Waals surface area (Å²) in [6.07, 6.45) is 2.42. The second-order valence-corrected chi connectivity index (χ2v) is 6.59. The van der Waals surface area contributed by atoms with E-state index in [-0.39, 0.29) is 0 Å². The molecule has 0 saturated carbocycles. The molecule has 2 aromatic rings. The van der Waals surface area contributed by atoms with Gasteiger partial charge in [0.15, 0.2) is 0 Å². The van der Waals surface area contributed by atoms with Crippen LogP contribution in [0.1, 0.15) is 54.7 Å². The van der Waals surface area contributed by atoms with Crippen LogP contribution < -0.4 is 0 Å². The fourth-order valence-corrected chi connectivity index (χ4v) is 3.16. The van der Waals surface area contributed by atoms with Crippen LogP contribution in [0.5, 0.6) is 0 Å². The zero-order chi connectivity index (χ0) is 15.4. The molecule has 0 amide bonds. The van der Waals surface area contributed by atoms with Crippen molar-refractivity contribution in [1.82, 2.24) is 0 Å². The Hall–Kier alpha value is -0.870. The third-order valence-corrected chi connectivity index (χ3v) is 4.76. The van der Waals surface area contributed by atoms with Crippen molar-refractivity contribution in [1.29, 1.82) is 0 Å². The monoisotopic (exact) mass is 394 g/mol. The van der Waals surface area contributed by atoms with Crippen LogP contribution in [-0.2, 0) is 19.3 Å². The second-order valence-electron chi connectivity index (χ2n) is 5.34. The third kappa shape index (κ3) is 3.67. The molecular formula is C19H23IO. The number of halogens is 1. The van der Waals surface area contributed by atoms with Gasteiger partial charge in [-0.3, -0.25) is 0 Å². The topological polar surface area (TPSA) is 20.2 Å². The standard InChI is InChI=1S/C19H23IO/c1-4-13-11-14(5-2)18(15(6-3)12-13)19(21)16-7-9-17(20)10-8-16/h7-12,19,21H,4-6H2,1-3H3. The minimum Gasteiger partial charge on any atom is -0.384 e. The van der Waals surface area contributed by atoms with Crippen molar-refractivity contribution in [3.63, 3.8) is 0 Å². The van der Waals surface area contributed by atoms with Crippen LogP contribution in [0.25, 0.3) is 0 Å². The summed E-state index contributed by atoms with van der Waals surface area (Å²) in [6.45, 7) is 6.51.